The van der Waals surface area contributed by atoms with Crippen LogP contribution in [0.1, 0.15) is 24.3 Å². The van der Waals surface area contributed by atoms with Crippen molar-refractivity contribution in [2.45, 2.75) is 19.9 Å². The smallest absolute Gasteiger partial charge is 0.326 e. The molecular formula is C19H24N4O4. The van der Waals surface area contributed by atoms with Crippen molar-refractivity contribution in [2.75, 3.05) is 26.2 Å². The van der Waals surface area contributed by atoms with E-state index in [4.69, 9.17) is 0 Å². The Balaban J connectivity index is 1.58. The van der Waals surface area contributed by atoms with Gasteiger partial charge in [-0.2, -0.15) is 0 Å². The summed E-state index contributed by atoms with van der Waals surface area (Å²) in [5.41, 5.74) is 1.44. The number of nitrogens with zero attached hydrogens (tertiary/aromatic N) is 2. The molecule has 1 aliphatic rings. The van der Waals surface area contributed by atoms with Crippen LogP contribution in [0.5, 0.6) is 0 Å². The first-order valence-corrected chi connectivity index (χ1v) is 9.02. The molecule has 3 N–H and O–H groups in total. The van der Waals surface area contributed by atoms with Gasteiger partial charge in [0.1, 0.15) is 11.7 Å². The minimum absolute atomic E-state index is 0.100. The summed E-state index contributed by atoms with van der Waals surface area (Å²) in [5.74, 6) is -1.36. The molecule has 1 atom stereocenters. The van der Waals surface area contributed by atoms with Crippen LogP contribution in [-0.4, -0.2) is 70.0 Å². The van der Waals surface area contributed by atoms with E-state index < -0.39 is 18.0 Å². The minimum Gasteiger partial charge on any atom is -0.480 e. The molecule has 1 aromatic carbocycles. The van der Waals surface area contributed by atoms with Gasteiger partial charge in [0.05, 0.1) is 0 Å². The largest absolute Gasteiger partial charge is 0.480 e. The van der Waals surface area contributed by atoms with Crippen molar-refractivity contribution in [1.29, 1.82) is 0 Å². The number of carboxylic acids is 1. The van der Waals surface area contributed by atoms with Crippen LogP contribution in [0.3, 0.4) is 0 Å². The lowest BCUT2D eigenvalue weighted by Crippen LogP contribution is -2.56. The number of hydrogen-bond acceptors (Lipinski definition) is 3. The first-order chi connectivity index (χ1) is 12.9. The number of aromatic amines is 1. The van der Waals surface area contributed by atoms with Gasteiger partial charge in [-0.1, -0.05) is 32.0 Å². The van der Waals surface area contributed by atoms with Gasteiger partial charge >= 0.3 is 12.0 Å². The summed E-state index contributed by atoms with van der Waals surface area (Å²) in [6, 6.07) is 8.18. The molecule has 8 heteroatoms. The Kier molecular flexibility index (Phi) is 5.34. The fraction of sp³-hybridized carbons (Fsp3) is 0.421. The van der Waals surface area contributed by atoms with Crippen molar-refractivity contribution >= 4 is 28.8 Å². The van der Waals surface area contributed by atoms with E-state index in [-0.39, 0.29) is 11.8 Å². The van der Waals surface area contributed by atoms with Gasteiger partial charge in [-0.05, 0) is 18.1 Å². The van der Waals surface area contributed by atoms with Gasteiger partial charge in [-0.25, -0.2) is 9.59 Å². The Morgan fingerprint density at radius 2 is 1.70 bits per heavy atom. The number of carbonyl (C=O) groups is 3. The first kappa shape index (κ1) is 18.8. The van der Waals surface area contributed by atoms with E-state index in [0.717, 1.165) is 10.9 Å². The van der Waals surface area contributed by atoms with Gasteiger partial charge in [0, 0.05) is 37.1 Å². The predicted molar refractivity (Wildman–Crippen MR) is 101 cm³/mol. The van der Waals surface area contributed by atoms with E-state index in [1.807, 2.05) is 30.3 Å². The lowest BCUT2D eigenvalue weighted by molar-refractivity contribution is -0.140. The van der Waals surface area contributed by atoms with Crippen LogP contribution >= 0.6 is 0 Å². The molecule has 2 heterocycles. The van der Waals surface area contributed by atoms with E-state index >= 15 is 0 Å². The first-order valence-electron chi connectivity index (χ1n) is 9.02. The Morgan fingerprint density at radius 3 is 2.30 bits per heavy atom. The van der Waals surface area contributed by atoms with Crippen LogP contribution in [0.4, 0.5) is 4.79 Å². The standard InChI is InChI=1S/C19H24N4O4/c1-12(2)16(18(25)26)21-19(27)23-9-7-22(8-10-23)17(24)15-11-13-5-3-4-6-14(13)20-15/h3-6,11-12,16,20H,7-10H2,1-2H3,(H,21,27)(H,25,26). The van der Waals surface area contributed by atoms with E-state index in [0.29, 0.717) is 31.9 Å². The number of carboxylic acid groups (broad SMARTS) is 1. The fourth-order valence-corrected chi connectivity index (χ4v) is 3.21. The van der Waals surface area contributed by atoms with E-state index in [1.54, 1.807) is 23.6 Å². The number of fused-ring (bicyclic) bond motifs is 1. The number of H-pyrrole nitrogens is 1. The molecule has 3 amide bonds. The van der Waals surface area contributed by atoms with Crippen LogP contribution < -0.4 is 5.32 Å². The van der Waals surface area contributed by atoms with Crippen LogP contribution in [0, 0.1) is 5.92 Å². The molecule has 8 nitrogen and oxygen atoms in total. The molecule has 0 bridgehead atoms. The number of benzene rings is 1. The molecule has 1 saturated heterocycles. The van der Waals surface area contributed by atoms with Crippen LogP contribution in [0.2, 0.25) is 0 Å². The fourth-order valence-electron chi connectivity index (χ4n) is 3.21. The number of hydrogen-bond donors (Lipinski definition) is 3. The van der Waals surface area contributed by atoms with Crippen molar-refractivity contribution in [3.63, 3.8) is 0 Å². The number of piperazine rings is 1. The average Bonchev–Trinajstić information content (AvgIpc) is 3.09. The van der Waals surface area contributed by atoms with Crippen LogP contribution in [0.15, 0.2) is 30.3 Å². The number of para-hydroxylation sites is 1. The van der Waals surface area contributed by atoms with Crippen molar-refractivity contribution < 1.29 is 19.5 Å². The van der Waals surface area contributed by atoms with Crippen molar-refractivity contribution in [3.05, 3.63) is 36.0 Å². The number of aliphatic carboxylic acids is 1. The van der Waals surface area contributed by atoms with Gasteiger partial charge in [0.2, 0.25) is 0 Å². The third kappa shape index (κ3) is 4.05. The Morgan fingerprint density at radius 1 is 1.07 bits per heavy atom. The van der Waals surface area contributed by atoms with E-state index in [1.165, 1.54) is 0 Å². The lowest BCUT2D eigenvalue weighted by atomic mass is 10.1. The zero-order chi connectivity index (χ0) is 19.6. The van der Waals surface area contributed by atoms with Gasteiger partial charge in [0.25, 0.3) is 5.91 Å². The second kappa shape index (κ2) is 7.69. The highest BCUT2D eigenvalue weighted by atomic mass is 16.4. The average molecular weight is 372 g/mol. The summed E-state index contributed by atoms with van der Waals surface area (Å²) < 4.78 is 0. The van der Waals surface area contributed by atoms with Gasteiger partial charge < -0.3 is 25.2 Å². The highest BCUT2D eigenvalue weighted by Gasteiger charge is 2.29. The molecule has 0 saturated carbocycles. The van der Waals surface area contributed by atoms with Crippen molar-refractivity contribution in [3.8, 4) is 0 Å². The van der Waals surface area contributed by atoms with Gasteiger partial charge in [0.15, 0.2) is 0 Å². The monoisotopic (exact) mass is 372 g/mol. The summed E-state index contributed by atoms with van der Waals surface area (Å²) in [7, 11) is 0. The summed E-state index contributed by atoms with van der Waals surface area (Å²) in [4.78, 5) is 42.6. The molecule has 2 aromatic rings. The molecule has 3 rings (SSSR count). The SMILES string of the molecule is CC(C)C(NC(=O)N1CCN(C(=O)c2cc3ccccc3[nH]2)CC1)C(=O)O. The number of rotatable bonds is 4. The third-order valence-electron chi connectivity index (χ3n) is 4.83. The van der Waals surface area contributed by atoms with E-state index in [9.17, 15) is 19.5 Å². The number of aromatic nitrogens is 1. The van der Waals surface area contributed by atoms with Gasteiger partial charge in [-0.3, -0.25) is 4.79 Å². The molecule has 144 valence electrons. The normalized spacial score (nSPS) is 15.8. The topological polar surface area (TPSA) is 106 Å². The zero-order valence-electron chi connectivity index (χ0n) is 15.4. The van der Waals surface area contributed by atoms with Crippen molar-refractivity contribution in [1.82, 2.24) is 20.1 Å². The Hall–Kier alpha value is -3.03. The van der Waals surface area contributed by atoms with Gasteiger partial charge in [-0.15, -0.1) is 0 Å². The maximum absolute atomic E-state index is 12.7. The van der Waals surface area contributed by atoms with Crippen LogP contribution in [0.25, 0.3) is 10.9 Å². The predicted octanol–water partition coefficient (Wildman–Crippen LogP) is 1.74. The molecule has 0 spiro atoms. The quantitative estimate of drug-likeness (QED) is 0.760. The number of urea groups is 1. The number of nitrogens with one attached hydrogen (secondary N) is 2. The summed E-state index contributed by atoms with van der Waals surface area (Å²) in [5, 5.41) is 12.7. The molecule has 1 fully saturated rings. The minimum atomic E-state index is -1.05. The molecular weight excluding hydrogens is 348 g/mol. The molecule has 0 aliphatic carbocycles. The highest BCUT2D eigenvalue weighted by molar-refractivity contribution is 5.98. The number of amides is 3. The third-order valence-corrected chi connectivity index (χ3v) is 4.83. The summed E-state index contributed by atoms with van der Waals surface area (Å²) in [6.07, 6.45) is 0. The maximum Gasteiger partial charge on any atom is 0.326 e. The zero-order valence-corrected chi connectivity index (χ0v) is 15.4. The molecule has 1 unspecified atom stereocenters. The molecule has 1 aromatic heterocycles. The Bertz CT molecular complexity index is 819. The second-order valence-electron chi connectivity index (χ2n) is 7.06. The lowest BCUT2D eigenvalue weighted by Gasteiger charge is -2.35. The maximum atomic E-state index is 12.7. The molecule has 0 radical (unpaired) electrons. The highest BCUT2D eigenvalue weighted by Crippen LogP contribution is 2.17. The molecule has 27 heavy (non-hydrogen) atoms. The van der Waals surface area contributed by atoms with E-state index in [2.05, 4.69) is 10.3 Å². The number of carbonyl (C=O) groups excluding carboxylic acids is 2. The Labute approximate surface area is 157 Å². The summed E-state index contributed by atoms with van der Waals surface area (Å²) in [6.45, 7) is 5.03. The summed E-state index contributed by atoms with van der Waals surface area (Å²) >= 11 is 0. The van der Waals surface area contributed by atoms with Crippen molar-refractivity contribution in [2.24, 2.45) is 5.92 Å². The molecule has 1 aliphatic heterocycles. The van der Waals surface area contributed by atoms with Crippen LogP contribution in [-0.2, 0) is 4.79 Å². The second-order valence-corrected chi connectivity index (χ2v) is 7.06.